The molecule has 0 radical (unpaired) electrons. The van der Waals surface area contributed by atoms with Gasteiger partial charge in [-0.3, -0.25) is 9.69 Å². The Balaban J connectivity index is 1.45. The van der Waals surface area contributed by atoms with E-state index in [0.29, 0.717) is 12.5 Å². The second kappa shape index (κ2) is 8.81. The van der Waals surface area contributed by atoms with E-state index >= 15 is 0 Å². The Kier molecular flexibility index (Phi) is 6.49. The van der Waals surface area contributed by atoms with Gasteiger partial charge in [0.25, 0.3) is 0 Å². The molecule has 1 aliphatic heterocycles. The Bertz CT molecular complexity index is 542. The average molecular weight is 344 g/mol. The maximum Gasteiger partial charge on any atom is 0.224 e. The van der Waals surface area contributed by atoms with Crippen LogP contribution < -0.4 is 5.32 Å². The first-order chi connectivity index (χ1) is 12.1. The van der Waals surface area contributed by atoms with Crippen LogP contribution in [-0.4, -0.2) is 47.2 Å². The van der Waals surface area contributed by atoms with Crippen LogP contribution in [0.15, 0.2) is 30.3 Å². The van der Waals surface area contributed by atoms with E-state index in [2.05, 4.69) is 10.2 Å². The van der Waals surface area contributed by atoms with Gasteiger partial charge in [-0.25, -0.2) is 0 Å². The lowest BCUT2D eigenvalue weighted by Crippen LogP contribution is -2.45. The molecule has 1 aromatic rings. The van der Waals surface area contributed by atoms with Crippen LogP contribution in [0.3, 0.4) is 0 Å². The Morgan fingerprint density at radius 2 is 1.92 bits per heavy atom. The fourth-order valence-electron chi connectivity index (χ4n) is 4.25. The molecule has 1 aliphatic carbocycles. The highest BCUT2D eigenvalue weighted by molar-refractivity contribution is 5.79. The summed E-state index contributed by atoms with van der Waals surface area (Å²) in [5.41, 5.74) is 1.10. The van der Waals surface area contributed by atoms with Crippen molar-refractivity contribution < 1.29 is 9.90 Å². The zero-order valence-corrected chi connectivity index (χ0v) is 15.4. The molecule has 4 heteroatoms. The van der Waals surface area contributed by atoms with E-state index in [1.54, 1.807) is 0 Å². The number of hydrogen-bond donors (Lipinski definition) is 2. The minimum Gasteiger partial charge on any atom is -0.391 e. The lowest BCUT2D eigenvalue weighted by molar-refractivity contribution is -0.126. The summed E-state index contributed by atoms with van der Waals surface area (Å²) in [5, 5.41) is 13.4. The predicted molar refractivity (Wildman–Crippen MR) is 100 cm³/mol. The highest BCUT2D eigenvalue weighted by atomic mass is 16.3. The SMILES string of the molecule is CC(NC(=O)C1CCN(C2CCCCC2)C1)C(O)Cc1ccccc1. The normalized spacial score (nSPS) is 24.8. The summed E-state index contributed by atoms with van der Waals surface area (Å²) in [7, 11) is 0. The van der Waals surface area contributed by atoms with Crippen LogP contribution >= 0.6 is 0 Å². The molecule has 3 unspecified atom stereocenters. The van der Waals surface area contributed by atoms with Gasteiger partial charge in [-0.1, -0.05) is 49.6 Å². The highest BCUT2D eigenvalue weighted by Crippen LogP contribution is 2.27. The first-order valence-electron chi connectivity index (χ1n) is 9.90. The van der Waals surface area contributed by atoms with Gasteiger partial charge in [0.1, 0.15) is 0 Å². The van der Waals surface area contributed by atoms with Gasteiger partial charge in [0, 0.05) is 19.0 Å². The molecule has 0 spiro atoms. The van der Waals surface area contributed by atoms with Crippen LogP contribution in [-0.2, 0) is 11.2 Å². The summed E-state index contributed by atoms with van der Waals surface area (Å²) >= 11 is 0. The third-order valence-electron chi connectivity index (χ3n) is 5.92. The zero-order chi connectivity index (χ0) is 17.6. The number of hydrogen-bond acceptors (Lipinski definition) is 3. The molecule has 25 heavy (non-hydrogen) atoms. The number of amides is 1. The predicted octanol–water partition coefficient (Wildman–Crippen LogP) is 2.75. The molecule has 1 aromatic carbocycles. The monoisotopic (exact) mass is 344 g/mol. The maximum absolute atomic E-state index is 12.6. The number of rotatable bonds is 6. The molecule has 3 atom stereocenters. The highest BCUT2D eigenvalue weighted by Gasteiger charge is 2.33. The summed E-state index contributed by atoms with van der Waals surface area (Å²) in [4.78, 5) is 15.1. The largest absolute Gasteiger partial charge is 0.391 e. The number of benzene rings is 1. The molecule has 2 aliphatic rings. The van der Waals surface area contributed by atoms with E-state index in [9.17, 15) is 9.90 Å². The number of aliphatic hydroxyl groups excluding tert-OH is 1. The molecule has 1 amide bonds. The summed E-state index contributed by atoms with van der Waals surface area (Å²) in [6.07, 6.45) is 7.58. The van der Waals surface area contributed by atoms with Crippen molar-refractivity contribution >= 4 is 5.91 Å². The Morgan fingerprint density at radius 1 is 1.20 bits per heavy atom. The van der Waals surface area contributed by atoms with Crippen molar-refractivity contribution in [1.29, 1.82) is 0 Å². The van der Waals surface area contributed by atoms with Gasteiger partial charge in [-0.05, 0) is 38.3 Å². The van der Waals surface area contributed by atoms with E-state index in [4.69, 9.17) is 0 Å². The molecule has 1 saturated heterocycles. The molecular formula is C21H32N2O2. The first-order valence-corrected chi connectivity index (χ1v) is 9.90. The quantitative estimate of drug-likeness (QED) is 0.834. The van der Waals surface area contributed by atoms with Crippen LogP contribution in [0.5, 0.6) is 0 Å². The molecular weight excluding hydrogens is 312 g/mol. The van der Waals surface area contributed by atoms with E-state index < -0.39 is 6.10 Å². The molecule has 0 aromatic heterocycles. The molecule has 0 bridgehead atoms. The topological polar surface area (TPSA) is 52.6 Å². The van der Waals surface area contributed by atoms with Crippen molar-refractivity contribution in [2.24, 2.45) is 5.92 Å². The fraction of sp³-hybridized carbons (Fsp3) is 0.667. The second-order valence-corrected chi connectivity index (χ2v) is 7.83. The second-order valence-electron chi connectivity index (χ2n) is 7.83. The van der Waals surface area contributed by atoms with E-state index in [0.717, 1.165) is 25.1 Å². The Labute approximate surface area is 151 Å². The molecule has 3 rings (SSSR count). The smallest absolute Gasteiger partial charge is 0.224 e. The van der Waals surface area contributed by atoms with Crippen LogP contribution in [0, 0.1) is 5.92 Å². The van der Waals surface area contributed by atoms with Crippen molar-refractivity contribution in [1.82, 2.24) is 10.2 Å². The van der Waals surface area contributed by atoms with E-state index in [1.807, 2.05) is 37.3 Å². The van der Waals surface area contributed by atoms with Gasteiger partial charge in [0.2, 0.25) is 5.91 Å². The van der Waals surface area contributed by atoms with Crippen LogP contribution in [0.4, 0.5) is 0 Å². The van der Waals surface area contributed by atoms with E-state index in [1.165, 1.54) is 32.1 Å². The molecule has 138 valence electrons. The van der Waals surface area contributed by atoms with Gasteiger partial charge in [0.15, 0.2) is 0 Å². The maximum atomic E-state index is 12.6. The summed E-state index contributed by atoms with van der Waals surface area (Å²) < 4.78 is 0. The zero-order valence-electron chi connectivity index (χ0n) is 15.4. The van der Waals surface area contributed by atoms with Crippen molar-refractivity contribution in [3.05, 3.63) is 35.9 Å². The van der Waals surface area contributed by atoms with Crippen LogP contribution in [0.1, 0.15) is 51.0 Å². The number of carbonyl (C=O) groups excluding carboxylic acids is 1. The Hall–Kier alpha value is -1.39. The van der Waals surface area contributed by atoms with Gasteiger partial charge in [0.05, 0.1) is 18.1 Å². The summed E-state index contributed by atoms with van der Waals surface area (Å²) in [5.74, 6) is 0.186. The third-order valence-corrected chi connectivity index (χ3v) is 5.92. The van der Waals surface area contributed by atoms with Crippen molar-refractivity contribution in [3.63, 3.8) is 0 Å². The summed E-state index contributed by atoms with van der Waals surface area (Å²) in [6.45, 7) is 3.83. The number of likely N-dealkylation sites (tertiary alicyclic amines) is 1. The van der Waals surface area contributed by atoms with Gasteiger partial charge >= 0.3 is 0 Å². The molecule has 1 heterocycles. The number of nitrogens with zero attached hydrogens (tertiary/aromatic N) is 1. The minimum atomic E-state index is -0.554. The molecule has 4 nitrogen and oxygen atoms in total. The Morgan fingerprint density at radius 3 is 2.64 bits per heavy atom. The fourth-order valence-corrected chi connectivity index (χ4v) is 4.25. The van der Waals surface area contributed by atoms with Crippen molar-refractivity contribution in [2.75, 3.05) is 13.1 Å². The van der Waals surface area contributed by atoms with Crippen molar-refractivity contribution in [3.8, 4) is 0 Å². The standard InChI is InChI=1S/C21H32N2O2/c1-16(20(24)14-17-8-4-2-5-9-17)22-21(25)18-12-13-23(15-18)19-10-6-3-7-11-19/h2,4-5,8-9,16,18-20,24H,3,6-7,10-15H2,1H3,(H,22,25). The first kappa shape index (κ1) is 18.4. The molecule has 2 fully saturated rings. The van der Waals surface area contributed by atoms with Crippen molar-refractivity contribution in [2.45, 2.75) is 70.1 Å². The average Bonchev–Trinajstić information content (AvgIpc) is 3.13. The van der Waals surface area contributed by atoms with Gasteiger partial charge in [-0.15, -0.1) is 0 Å². The summed E-state index contributed by atoms with van der Waals surface area (Å²) in [6, 6.07) is 10.4. The van der Waals surface area contributed by atoms with E-state index in [-0.39, 0.29) is 17.9 Å². The minimum absolute atomic E-state index is 0.0771. The number of carbonyl (C=O) groups is 1. The van der Waals surface area contributed by atoms with Gasteiger partial charge in [-0.2, -0.15) is 0 Å². The molecule has 1 saturated carbocycles. The number of aliphatic hydroxyl groups is 1. The number of nitrogens with one attached hydrogen (secondary N) is 1. The van der Waals surface area contributed by atoms with Gasteiger partial charge < -0.3 is 10.4 Å². The third kappa shape index (κ3) is 5.05. The van der Waals surface area contributed by atoms with Crippen LogP contribution in [0.25, 0.3) is 0 Å². The van der Waals surface area contributed by atoms with Crippen LogP contribution in [0.2, 0.25) is 0 Å². The molecule has 2 N–H and O–H groups in total. The lowest BCUT2D eigenvalue weighted by Gasteiger charge is -2.31. The lowest BCUT2D eigenvalue weighted by atomic mass is 9.94.